The van der Waals surface area contributed by atoms with Gasteiger partial charge in [0.15, 0.2) is 9.84 Å². The molecule has 3 aromatic rings. The summed E-state index contributed by atoms with van der Waals surface area (Å²) in [5.74, 6) is 1.67. The molecule has 1 aliphatic heterocycles. The molecule has 0 amide bonds. The van der Waals surface area contributed by atoms with Gasteiger partial charge in [0.1, 0.15) is 11.6 Å². The van der Waals surface area contributed by atoms with E-state index in [-0.39, 0.29) is 6.04 Å². The molecule has 0 radical (unpaired) electrons. The number of hydrogen-bond donors (Lipinski definition) is 1. The first-order valence-electron chi connectivity index (χ1n) is 9.74. The van der Waals surface area contributed by atoms with Gasteiger partial charge in [0.05, 0.1) is 43.2 Å². The fourth-order valence-electron chi connectivity index (χ4n) is 3.58. The Labute approximate surface area is 176 Å². The molecule has 1 N–H and O–H groups in total. The van der Waals surface area contributed by atoms with E-state index >= 15 is 0 Å². The van der Waals surface area contributed by atoms with Crippen LogP contribution in [-0.4, -0.2) is 56.4 Å². The zero-order valence-electron chi connectivity index (χ0n) is 17.0. The van der Waals surface area contributed by atoms with Crippen LogP contribution in [-0.2, 0) is 21.1 Å². The first kappa shape index (κ1) is 20.6. The summed E-state index contributed by atoms with van der Waals surface area (Å²) in [6.07, 6.45) is 3.06. The predicted molar refractivity (Wildman–Crippen MR) is 114 cm³/mol. The van der Waals surface area contributed by atoms with Gasteiger partial charge in [-0.3, -0.25) is 4.90 Å². The second-order valence-corrected chi connectivity index (χ2v) is 9.40. The number of ether oxygens (including phenoxy) is 2. The molecule has 4 rings (SSSR count). The van der Waals surface area contributed by atoms with Crippen LogP contribution < -0.4 is 4.74 Å². The molecule has 1 aromatic heterocycles. The number of rotatable bonds is 6. The summed E-state index contributed by atoms with van der Waals surface area (Å²) in [6, 6.07) is 14.9. The van der Waals surface area contributed by atoms with Gasteiger partial charge in [-0.1, -0.05) is 12.1 Å². The van der Waals surface area contributed by atoms with E-state index in [4.69, 9.17) is 9.47 Å². The molecule has 1 atom stereocenters. The van der Waals surface area contributed by atoms with E-state index in [0.29, 0.717) is 24.7 Å². The van der Waals surface area contributed by atoms with E-state index in [2.05, 4.69) is 14.9 Å². The number of nitrogens with one attached hydrogen (secondary N) is 1. The lowest BCUT2D eigenvalue weighted by molar-refractivity contribution is -0.0156. The highest BCUT2D eigenvalue weighted by atomic mass is 32.2. The Morgan fingerprint density at radius 2 is 1.90 bits per heavy atom. The Morgan fingerprint density at radius 1 is 1.17 bits per heavy atom. The van der Waals surface area contributed by atoms with E-state index in [1.54, 1.807) is 19.2 Å². The van der Waals surface area contributed by atoms with Crippen molar-refractivity contribution in [3.63, 3.8) is 0 Å². The lowest BCUT2D eigenvalue weighted by Gasteiger charge is -2.34. The van der Waals surface area contributed by atoms with Crippen molar-refractivity contribution < 1.29 is 17.9 Å². The van der Waals surface area contributed by atoms with Crippen LogP contribution in [0.15, 0.2) is 59.6 Å². The van der Waals surface area contributed by atoms with Crippen molar-refractivity contribution in [2.24, 2.45) is 0 Å². The van der Waals surface area contributed by atoms with Crippen LogP contribution >= 0.6 is 0 Å². The van der Waals surface area contributed by atoms with E-state index in [1.807, 2.05) is 42.6 Å². The molecule has 2 heterocycles. The molecule has 7 nitrogen and oxygen atoms in total. The second-order valence-electron chi connectivity index (χ2n) is 7.39. The maximum atomic E-state index is 11.7. The van der Waals surface area contributed by atoms with E-state index < -0.39 is 9.84 Å². The monoisotopic (exact) mass is 427 g/mol. The van der Waals surface area contributed by atoms with E-state index in [1.165, 1.54) is 6.26 Å². The van der Waals surface area contributed by atoms with Gasteiger partial charge in [0, 0.05) is 19.3 Å². The summed E-state index contributed by atoms with van der Waals surface area (Å²) in [5.41, 5.74) is 3.03. The standard InChI is InChI=1S/C22H25N3O4S/c1-28-18-7-5-17(6-8-18)20-13-23-22(24-20)21-15-29-12-11-25(21)14-16-3-9-19(10-4-16)30(2,26)27/h3-10,13,21H,11-12,14-15H2,1-2H3,(H,23,24)/t21-/m0/s1. The molecule has 0 spiro atoms. The van der Waals surface area contributed by atoms with Crippen LogP contribution in [0.3, 0.4) is 0 Å². The molecular weight excluding hydrogens is 402 g/mol. The quantitative estimate of drug-likeness (QED) is 0.651. The Morgan fingerprint density at radius 3 is 2.57 bits per heavy atom. The second kappa shape index (κ2) is 8.59. The molecule has 1 fully saturated rings. The Bertz CT molecular complexity index is 1090. The summed E-state index contributed by atoms with van der Waals surface area (Å²) in [4.78, 5) is 10.7. The molecule has 0 unspecified atom stereocenters. The number of imidazole rings is 1. The number of H-pyrrole nitrogens is 1. The third kappa shape index (κ3) is 4.56. The van der Waals surface area contributed by atoms with Gasteiger partial charge in [0.25, 0.3) is 0 Å². The summed E-state index contributed by atoms with van der Waals surface area (Å²) >= 11 is 0. The highest BCUT2D eigenvalue weighted by Crippen LogP contribution is 2.27. The minimum absolute atomic E-state index is 0.000308. The van der Waals surface area contributed by atoms with Gasteiger partial charge < -0.3 is 14.5 Å². The van der Waals surface area contributed by atoms with Gasteiger partial charge in [0.2, 0.25) is 0 Å². The van der Waals surface area contributed by atoms with Crippen molar-refractivity contribution in [3.8, 4) is 17.0 Å². The smallest absolute Gasteiger partial charge is 0.175 e. The number of morpholine rings is 1. The SMILES string of the molecule is COc1ccc(-c2cnc([C@@H]3COCCN3Cc3ccc(S(C)(=O)=O)cc3)[nH]2)cc1. The van der Waals surface area contributed by atoms with E-state index in [0.717, 1.165) is 34.9 Å². The molecule has 1 saturated heterocycles. The summed E-state index contributed by atoms with van der Waals surface area (Å²) < 4.78 is 34.3. The topological polar surface area (TPSA) is 84.5 Å². The Hall–Kier alpha value is -2.68. The summed E-state index contributed by atoms with van der Waals surface area (Å²) in [5, 5.41) is 0. The third-order valence-electron chi connectivity index (χ3n) is 5.29. The molecule has 0 saturated carbocycles. The summed E-state index contributed by atoms with van der Waals surface area (Å²) in [7, 11) is -1.54. The van der Waals surface area contributed by atoms with Crippen LogP contribution in [0.5, 0.6) is 5.75 Å². The fourth-order valence-corrected chi connectivity index (χ4v) is 4.21. The zero-order chi connectivity index (χ0) is 21.1. The number of aromatic nitrogens is 2. The van der Waals surface area contributed by atoms with Gasteiger partial charge >= 0.3 is 0 Å². The molecule has 0 aliphatic carbocycles. The van der Waals surface area contributed by atoms with Gasteiger partial charge in [-0.25, -0.2) is 13.4 Å². The van der Waals surface area contributed by atoms with Gasteiger partial charge in [-0.15, -0.1) is 0 Å². The highest BCUT2D eigenvalue weighted by Gasteiger charge is 2.27. The normalized spacial score (nSPS) is 17.7. The predicted octanol–water partition coefficient (Wildman–Crippen LogP) is 3.06. The van der Waals surface area contributed by atoms with Crippen molar-refractivity contribution in [1.82, 2.24) is 14.9 Å². The van der Waals surface area contributed by atoms with Crippen molar-refractivity contribution >= 4 is 9.84 Å². The minimum atomic E-state index is -3.19. The molecule has 0 bridgehead atoms. The highest BCUT2D eigenvalue weighted by molar-refractivity contribution is 7.90. The number of benzene rings is 2. The maximum Gasteiger partial charge on any atom is 0.175 e. The average molecular weight is 428 g/mol. The first-order valence-corrected chi connectivity index (χ1v) is 11.6. The fraction of sp³-hybridized carbons (Fsp3) is 0.318. The Kier molecular flexibility index (Phi) is 5.90. The van der Waals surface area contributed by atoms with Crippen LogP contribution in [0.1, 0.15) is 17.4 Å². The molecule has 30 heavy (non-hydrogen) atoms. The first-order chi connectivity index (χ1) is 14.4. The van der Waals surface area contributed by atoms with Gasteiger partial charge in [-0.05, 0) is 47.5 Å². The van der Waals surface area contributed by atoms with E-state index in [9.17, 15) is 8.42 Å². The molecular formula is C22H25N3O4S. The molecule has 158 valence electrons. The molecule has 8 heteroatoms. The van der Waals surface area contributed by atoms with Crippen molar-refractivity contribution in [3.05, 3.63) is 66.1 Å². The maximum absolute atomic E-state index is 11.7. The van der Waals surface area contributed by atoms with Gasteiger partial charge in [-0.2, -0.15) is 0 Å². The lowest BCUT2D eigenvalue weighted by Crippen LogP contribution is -2.39. The molecule has 1 aliphatic rings. The zero-order valence-corrected chi connectivity index (χ0v) is 17.9. The number of aromatic amines is 1. The van der Waals surface area contributed by atoms with Crippen molar-refractivity contribution in [2.45, 2.75) is 17.5 Å². The number of methoxy groups -OCH3 is 1. The third-order valence-corrected chi connectivity index (χ3v) is 6.42. The number of nitrogens with zero attached hydrogens (tertiary/aromatic N) is 2. The lowest BCUT2D eigenvalue weighted by atomic mass is 10.1. The van der Waals surface area contributed by atoms with Crippen LogP contribution in [0.4, 0.5) is 0 Å². The van der Waals surface area contributed by atoms with Crippen LogP contribution in [0, 0.1) is 0 Å². The van der Waals surface area contributed by atoms with Crippen LogP contribution in [0.25, 0.3) is 11.3 Å². The average Bonchev–Trinajstić information content (AvgIpc) is 3.24. The Balaban J connectivity index is 1.52. The van der Waals surface area contributed by atoms with Crippen LogP contribution in [0.2, 0.25) is 0 Å². The van der Waals surface area contributed by atoms with Crippen molar-refractivity contribution in [1.29, 1.82) is 0 Å². The molecule has 2 aromatic carbocycles. The number of sulfone groups is 1. The number of hydrogen-bond acceptors (Lipinski definition) is 6. The summed E-state index contributed by atoms with van der Waals surface area (Å²) in [6.45, 7) is 2.68. The largest absolute Gasteiger partial charge is 0.497 e. The minimum Gasteiger partial charge on any atom is -0.497 e. The van der Waals surface area contributed by atoms with Crippen molar-refractivity contribution in [2.75, 3.05) is 33.1 Å².